The Morgan fingerprint density at radius 2 is 2.07 bits per heavy atom. The molecule has 0 saturated heterocycles. The second-order valence-electron chi connectivity index (χ2n) is 2.48. The lowest BCUT2D eigenvalue weighted by Gasteiger charge is -2.05. The minimum atomic E-state index is -3.54. The van der Waals surface area contributed by atoms with Gasteiger partial charge in [0.1, 0.15) is 11.3 Å². The molecule has 1 N–H and O–H groups in total. The summed E-state index contributed by atoms with van der Waals surface area (Å²) in [5, 5.41) is 8.14. The highest BCUT2D eigenvalue weighted by Crippen LogP contribution is 2.15. The fourth-order valence-corrected chi connectivity index (χ4v) is 1.60. The first kappa shape index (κ1) is 10.8. The Balaban J connectivity index is 3.05. The molecule has 1 rings (SSSR count). The standard InChI is InChI=1S/C8H7ClN2O2S/c9-6-14(12,13)11-8-4-2-1-3-7(8)5-10/h1-4,11H,6H2. The number of nitrogens with one attached hydrogen (secondary N) is 1. The zero-order valence-corrected chi connectivity index (χ0v) is 8.64. The van der Waals surface area contributed by atoms with E-state index in [0.29, 0.717) is 0 Å². The maximum absolute atomic E-state index is 11.1. The highest BCUT2D eigenvalue weighted by Gasteiger charge is 2.10. The molecule has 1 aromatic carbocycles. The molecule has 0 aliphatic rings. The highest BCUT2D eigenvalue weighted by molar-refractivity contribution is 7.93. The van der Waals surface area contributed by atoms with Crippen molar-refractivity contribution >= 4 is 27.3 Å². The number of hydrogen-bond donors (Lipinski definition) is 1. The molecule has 0 radical (unpaired) electrons. The van der Waals surface area contributed by atoms with Crippen LogP contribution in [-0.4, -0.2) is 13.6 Å². The minimum Gasteiger partial charge on any atom is -0.281 e. The number of nitrogens with zero attached hydrogens (tertiary/aromatic N) is 1. The molecule has 74 valence electrons. The molecule has 6 heteroatoms. The van der Waals surface area contributed by atoms with Gasteiger partial charge in [0, 0.05) is 0 Å². The van der Waals surface area contributed by atoms with Gasteiger partial charge in [-0.2, -0.15) is 5.26 Å². The van der Waals surface area contributed by atoms with Crippen molar-refractivity contribution in [1.82, 2.24) is 0 Å². The average Bonchev–Trinajstić information content (AvgIpc) is 2.18. The smallest absolute Gasteiger partial charge is 0.246 e. The van der Waals surface area contributed by atoms with Crippen LogP contribution in [0, 0.1) is 11.3 Å². The van der Waals surface area contributed by atoms with Gasteiger partial charge in [-0.25, -0.2) is 8.42 Å². The van der Waals surface area contributed by atoms with Crippen molar-refractivity contribution in [3.8, 4) is 6.07 Å². The predicted molar refractivity (Wildman–Crippen MR) is 54.4 cm³/mol. The normalized spacial score (nSPS) is 10.6. The zero-order valence-electron chi connectivity index (χ0n) is 7.07. The quantitative estimate of drug-likeness (QED) is 0.800. The molecule has 0 spiro atoms. The first-order valence-corrected chi connectivity index (χ1v) is 5.83. The van der Waals surface area contributed by atoms with E-state index in [2.05, 4.69) is 4.72 Å². The van der Waals surface area contributed by atoms with Crippen LogP contribution >= 0.6 is 11.6 Å². The van der Waals surface area contributed by atoms with Gasteiger partial charge in [-0.3, -0.25) is 4.72 Å². The Kier molecular flexibility index (Phi) is 3.33. The molecule has 0 aliphatic heterocycles. The molecule has 0 aromatic heterocycles. The van der Waals surface area contributed by atoms with Crippen molar-refractivity contribution in [2.24, 2.45) is 0 Å². The van der Waals surface area contributed by atoms with Crippen LogP contribution in [0.15, 0.2) is 24.3 Å². The van der Waals surface area contributed by atoms with Gasteiger partial charge in [-0.15, -0.1) is 11.6 Å². The minimum absolute atomic E-state index is 0.246. The number of halogens is 1. The Morgan fingerprint density at radius 3 is 2.64 bits per heavy atom. The first-order chi connectivity index (χ1) is 6.59. The maximum atomic E-state index is 11.1. The summed E-state index contributed by atoms with van der Waals surface area (Å²) in [5.41, 5.74) is 0.511. The summed E-state index contributed by atoms with van der Waals surface area (Å²) >= 11 is 5.21. The largest absolute Gasteiger partial charge is 0.281 e. The molecule has 14 heavy (non-hydrogen) atoms. The van der Waals surface area contributed by atoms with E-state index in [9.17, 15) is 8.42 Å². The molecule has 0 amide bonds. The number of benzene rings is 1. The van der Waals surface area contributed by atoms with Crippen LogP contribution in [-0.2, 0) is 10.0 Å². The Hall–Kier alpha value is -1.25. The van der Waals surface area contributed by atoms with Crippen molar-refractivity contribution < 1.29 is 8.42 Å². The van der Waals surface area contributed by atoms with Gasteiger partial charge in [0.2, 0.25) is 10.0 Å². The molecule has 4 nitrogen and oxygen atoms in total. The molecular weight excluding hydrogens is 224 g/mol. The summed E-state index contributed by atoms with van der Waals surface area (Å²) in [4.78, 5) is 0. The lowest BCUT2D eigenvalue weighted by atomic mass is 10.2. The van der Waals surface area contributed by atoms with E-state index in [0.717, 1.165) is 0 Å². The second kappa shape index (κ2) is 4.31. The Morgan fingerprint density at radius 1 is 1.43 bits per heavy atom. The van der Waals surface area contributed by atoms with Crippen LogP contribution < -0.4 is 4.72 Å². The van der Waals surface area contributed by atoms with Crippen LogP contribution in [0.2, 0.25) is 0 Å². The Bertz CT molecular complexity index is 464. The van der Waals surface area contributed by atoms with E-state index in [1.807, 2.05) is 6.07 Å². The lowest BCUT2D eigenvalue weighted by molar-refractivity contribution is 0.605. The predicted octanol–water partition coefficient (Wildman–Crippen LogP) is 1.50. The van der Waals surface area contributed by atoms with Crippen LogP contribution in [0.5, 0.6) is 0 Å². The summed E-state index contributed by atoms with van der Waals surface area (Å²) in [7, 11) is -3.54. The molecule has 0 saturated carbocycles. The molecule has 0 heterocycles. The van der Waals surface area contributed by atoms with Crippen molar-refractivity contribution in [2.45, 2.75) is 0 Å². The fourth-order valence-electron chi connectivity index (χ4n) is 0.864. The van der Waals surface area contributed by atoms with Crippen LogP contribution in [0.3, 0.4) is 0 Å². The monoisotopic (exact) mass is 230 g/mol. The maximum Gasteiger partial charge on any atom is 0.246 e. The van der Waals surface area contributed by atoms with Gasteiger partial charge in [0.15, 0.2) is 0 Å². The van der Waals surface area contributed by atoms with Crippen molar-refractivity contribution in [1.29, 1.82) is 5.26 Å². The fraction of sp³-hybridized carbons (Fsp3) is 0.125. The summed E-state index contributed by atoms with van der Waals surface area (Å²) in [5.74, 6) is 0. The summed E-state index contributed by atoms with van der Waals surface area (Å²) in [6.45, 7) is 0. The van der Waals surface area contributed by atoms with Crippen molar-refractivity contribution in [2.75, 3.05) is 9.93 Å². The number of para-hydroxylation sites is 1. The topological polar surface area (TPSA) is 70.0 Å². The van der Waals surface area contributed by atoms with Gasteiger partial charge in [0.25, 0.3) is 0 Å². The molecule has 0 unspecified atom stereocenters. The lowest BCUT2D eigenvalue weighted by Crippen LogP contribution is -2.14. The van der Waals surface area contributed by atoms with Gasteiger partial charge in [-0.05, 0) is 12.1 Å². The second-order valence-corrected chi connectivity index (χ2v) is 4.79. The highest BCUT2D eigenvalue weighted by atomic mass is 35.5. The number of anilines is 1. The number of sulfonamides is 1. The summed E-state index contributed by atoms with van der Waals surface area (Å²) in [6, 6.07) is 8.18. The van der Waals surface area contributed by atoms with Gasteiger partial charge in [0.05, 0.1) is 11.3 Å². The molecule has 1 aromatic rings. The molecule has 0 aliphatic carbocycles. The van der Waals surface area contributed by atoms with Crippen LogP contribution in [0.1, 0.15) is 5.56 Å². The van der Waals surface area contributed by atoms with Gasteiger partial charge < -0.3 is 0 Å². The molecule has 0 atom stereocenters. The first-order valence-electron chi connectivity index (χ1n) is 3.64. The van der Waals surface area contributed by atoms with E-state index < -0.39 is 15.2 Å². The van der Waals surface area contributed by atoms with Gasteiger partial charge >= 0.3 is 0 Å². The van der Waals surface area contributed by atoms with Crippen molar-refractivity contribution in [3.63, 3.8) is 0 Å². The third-order valence-corrected chi connectivity index (χ3v) is 3.14. The van der Waals surface area contributed by atoms with E-state index in [1.165, 1.54) is 12.1 Å². The van der Waals surface area contributed by atoms with Crippen LogP contribution in [0.25, 0.3) is 0 Å². The average molecular weight is 231 g/mol. The number of rotatable bonds is 3. The van der Waals surface area contributed by atoms with Crippen molar-refractivity contribution in [3.05, 3.63) is 29.8 Å². The van der Waals surface area contributed by atoms with Crippen LogP contribution in [0.4, 0.5) is 5.69 Å². The molecule has 0 fully saturated rings. The number of hydrogen-bond acceptors (Lipinski definition) is 3. The Labute approximate surface area is 87.2 Å². The third-order valence-electron chi connectivity index (χ3n) is 1.46. The zero-order chi connectivity index (χ0) is 10.6. The van der Waals surface area contributed by atoms with Gasteiger partial charge in [-0.1, -0.05) is 12.1 Å². The SMILES string of the molecule is N#Cc1ccccc1NS(=O)(=O)CCl. The molecule has 0 bridgehead atoms. The number of alkyl halides is 1. The number of nitriles is 1. The third kappa shape index (κ3) is 2.62. The van der Waals surface area contributed by atoms with E-state index in [-0.39, 0.29) is 11.3 Å². The summed E-state index contributed by atoms with van der Waals surface area (Å²) in [6.07, 6.45) is 0. The molecular formula is C8H7ClN2O2S. The van der Waals surface area contributed by atoms with E-state index in [4.69, 9.17) is 16.9 Å². The van der Waals surface area contributed by atoms with E-state index in [1.54, 1.807) is 12.1 Å². The summed E-state index contributed by atoms with van der Waals surface area (Å²) < 4.78 is 24.4. The van der Waals surface area contributed by atoms with E-state index >= 15 is 0 Å².